The SMILES string of the molecule is Cc1cc(NC(=O)c2cc(C(C)C)on2)ccc1NC(=O)c1ccco1. The molecule has 0 saturated carbocycles. The topological polar surface area (TPSA) is 97.4 Å². The fourth-order valence-electron chi connectivity index (χ4n) is 2.34. The number of nitrogens with one attached hydrogen (secondary N) is 2. The van der Waals surface area contributed by atoms with E-state index in [1.165, 1.54) is 6.26 Å². The van der Waals surface area contributed by atoms with Gasteiger partial charge in [-0.05, 0) is 42.8 Å². The van der Waals surface area contributed by atoms with Crippen LogP contribution in [0.1, 0.15) is 52.1 Å². The molecule has 0 fully saturated rings. The first-order valence-electron chi connectivity index (χ1n) is 8.17. The van der Waals surface area contributed by atoms with E-state index in [4.69, 9.17) is 8.94 Å². The quantitative estimate of drug-likeness (QED) is 0.716. The summed E-state index contributed by atoms with van der Waals surface area (Å²) in [5.74, 6) is 0.352. The minimum absolute atomic E-state index is 0.156. The van der Waals surface area contributed by atoms with Crippen molar-refractivity contribution >= 4 is 23.2 Å². The maximum Gasteiger partial charge on any atom is 0.291 e. The van der Waals surface area contributed by atoms with Gasteiger partial charge in [0, 0.05) is 23.4 Å². The van der Waals surface area contributed by atoms with Crippen molar-refractivity contribution in [3.8, 4) is 0 Å². The van der Waals surface area contributed by atoms with E-state index in [9.17, 15) is 9.59 Å². The summed E-state index contributed by atoms with van der Waals surface area (Å²) in [7, 11) is 0. The Morgan fingerprint density at radius 3 is 2.50 bits per heavy atom. The van der Waals surface area contributed by atoms with E-state index < -0.39 is 0 Å². The Kier molecular flexibility index (Phi) is 4.88. The summed E-state index contributed by atoms with van der Waals surface area (Å²) in [6.07, 6.45) is 1.44. The molecule has 0 aliphatic heterocycles. The van der Waals surface area contributed by atoms with E-state index in [0.29, 0.717) is 17.1 Å². The van der Waals surface area contributed by atoms with Crippen LogP contribution >= 0.6 is 0 Å². The number of aromatic nitrogens is 1. The highest BCUT2D eigenvalue weighted by Gasteiger charge is 2.15. The number of amides is 2. The molecular weight excluding hydrogens is 334 g/mol. The lowest BCUT2D eigenvalue weighted by atomic mass is 10.1. The van der Waals surface area contributed by atoms with E-state index >= 15 is 0 Å². The van der Waals surface area contributed by atoms with Crippen LogP contribution in [0.4, 0.5) is 11.4 Å². The molecule has 3 aromatic rings. The fraction of sp³-hybridized carbons (Fsp3) is 0.211. The molecule has 2 heterocycles. The van der Waals surface area contributed by atoms with Gasteiger partial charge in [0.15, 0.2) is 11.5 Å². The summed E-state index contributed by atoms with van der Waals surface area (Å²) in [5, 5.41) is 9.32. The Balaban J connectivity index is 1.68. The van der Waals surface area contributed by atoms with Gasteiger partial charge in [0.05, 0.1) is 6.26 Å². The number of furan rings is 1. The normalized spacial score (nSPS) is 10.8. The third-order valence-electron chi connectivity index (χ3n) is 3.81. The maximum atomic E-state index is 12.3. The van der Waals surface area contributed by atoms with Crippen LogP contribution in [-0.4, -0.2) is 17.0 Å². The molecular formula is C19H19N3O4. The van der Waals surface area contributed by atoms with Gasteiger partial charge in [-0.15, -0.1) is 0 Å². The van der Waals surface area contributed by atoms with Gasteiger partial charge in [0.1, 0.15) is 5.76 Å². The molecule has 7 nitrogen and oxygen atoms in total. The monoisotopic (exact) mass is 353 g/mol. The van der Waals surface area contributed by atoms with Gasteiger partial charge in [-0.25, -0.2) is 0 Å². The van der Waals surface area contributed by atoms with Crippen LogP contribution < -0.4 is 10.6 Å². The van der Waals surface area contributed by atoms with Crippen LogP contribution in [0.5, 0.6) is 0 Å². The highest BCUT2D eigenvalue weighted by Crippen LogP contribution is 2.22. The average molecular weight is 353 g/mol. The van der Waals surface area contributed by atoms with Crippen molar-refractivity contribution < 1.29 is 18.5 Å². The van der Waals surface area contributed by atoms with Gasteiger partial charge in [0.25, 0.3) is 11.8 Å². The molecule has 0 unspecified atom stereocenters. The smallest absolute Gasteiger partial charge is 0.291 e. The first-order valence-corrected chi connectivity index (χ1v) is 8.17. The van der Waals surface area contributed by atoms with Crippen molar-refractivity contribution in [2.75, 3.05) is 10.6 Å². The van der Waals surface area contributed by atoms with Crippen molar-refractivity contribution in [1.29, 1.82) is 0 Å². The number of aryl methyl sites for hydroxylation is 1. The van der Waals surface area contributed by atoms with Gasteiger partial charge < -0.3 is 19.6 Å². The molecule has 134 valence electrons. The summed E-state index contributed by atoms with van der Waals surface area (Å²) in [6.45, 7) is 5.75. The number of hydrogen-bond donors (Lipinski definition) is 2. The Morgan fingerprint density at radius 1 is 1.08 bits per heavy atom. The van der Waals surface area contributed by atoms with Gasteiger partial charge in [0.2, 0.25) is 0 Å². The predicted molar refractivity (Wildman–Crippen MR) is 96.4 cm³/mol. The van der Waals surface area contributed by atoms with Gasteiger partial charge in [-0.3, -0.25) is 9.59 Å². The Bertz CT molecular complexity index is 926. The molecule has 2 amide bonds. The van der Waals surface area contributed by atoms with Crippen molar-refractivity contribution in [1.82, 2.24) is 5.16 Å². The Labute approximate surface area is 150 Å². The first-order chi connectivity index (χ1) is 12.4. The molecule has 0 spiro atoms. The molecule has 0 aliphatic carbocycles. The summed E-state index contributed by atoms with van der Waals surface area (Å²) in [5.41, 5.74) is 2.25. The summed E-state index contributed by atoms with van der Waals surface area (Å²) in [4.78, 5) is 24.3. The summed E-state index contributed by atoms with van der Waals surface area (Å²) < 4.78 is 10.2. The molecule has 0 bridgehead atoms. The van der Waals surface area contributed by atoms with Crippen LogP contribution in [0.3, 0.4) is 0 Å². The molecule has 7 heteroatoms. The number of rotatable bonds is 5. The first kappa shape index (κ1) is 17.5. The molecule has 26 heavy (non-hydrogen) atoms. The predicted octanol–water partition coefficient (Wildman–Crippen LogP) is 4.20. The molecule has 0 radical (unpaired) electrons. The van der Waals surface area contributed by atoms with Crippen LogP contribution in [-0.2, 0) is 0 Å². The van der Waals surface area contributed by atoms with Gasteiger partial charge >= 0.3 is 0 Å². The largest absolute Gasteiger partial charge is 0.459 e. The van der Waals surface area contributed by atoms with E-state index in [2.05, 4.69) is 15.8 Å². The lowest BCUT2D eigenvalue weighted by molar-refractivity contribution is 0.0993. The minimum Gasteiger partial charge on any atom is -0.459 e. The third kappa shape index (κ3) is 3.83. The molecule has 1 aromatic carbocycles. The van der Waals surface area contributed by atoms with Crippen molar-refractivity contribution in [3.05, 3.63) is 65.4 Å². The fourth-order valence-corrected chi connectivity index (χ4v) is 2.34. The Hall–Kier alpha value is -3.35. The van der Waals surface area contributed by atoms with E-state index in [1.54, 1.807) is 36.4 Å². The van der Waals surface area contributed by atoms with Crippen molar-refractivity contribution in [2.45, 2.75) is 26.7 Å². The molecule has 0 saturated heterocycles. The number of anilines is 2. The van der Waals surface area contributed by atoms with Crippen molar-refractivity contribution in [3.63, 3.8) is 0 Å². The number of carbonyl (C=O) groups is 2. The van der Waals surface area contributed by atoms with E-state index in [0.717, 1.165) is 5.56 Å². The number of benzene rings is 1. The second-order valence-corrected chi connectivity index (χ2v) is 6.18. The second kappa shape index (κ2) is 7.26. The average Bonchev–Trinajstić information content (AvgIpc) is 3.29. The van der Waals surface area contributed by atoms with Crippen LogP contribution in [0.15, 0.2) is 51.6 Å². The molecule has 0 atom stereocenters. The zero-order valence-electron chi connectivity index (χ0n) is 14.7. The summed E-state index contributed by atoms with van der Waals surface area (Å²) >= 11 is 0. The van der Waals surface area contributed by atoms with Crippen LogP contribution in [0.2, 0.25) is 0 Å². The molecule has 2 N–H and O–H groups in total. The summed E-state index contributed by atoms with van der Waals surface area (Å²) in [6, 6.07) is 10.0. The number of nitrogens with zero attached hydrogens (tertiary/aromatic N) is 1. The zero-order valence-corrected chi connectivity index (χ0v) is 14.7. The van der Waals surface area contributed by atoms with E-state index in [-0.39, 0.29) is 29.2 Å². The number of carbonyl (C=O) groups excluding carboxylic acids is 2. The van der Waals surface area contributed by atoms with Crippen LogP contribution in [0, 0.1) is 6.92 Å². The second-order valence-electron chi connectivity index (χ2n) is 6.18. The van der Waals surface area contributed by atoms with Crippen LogP contribution in [0.25, 0.3) is 0 Å². The highest BCUT2D eigenvalue weighted by atomic mass is 16.5. The third-order valence-corrected chi connectivity index (χ3v) is 3.81. The lowest BCUT2D eigenvalue weighted by Gasteiger charge is -2.10. The molecule has 3 rings (SSSR count). The van der Waals surface area contributed by atoms with Crippen molar-refractivity contribution in [2.24, 2.45) is 0 Å². The highest BCUT2D eigenvalue weighted by molar-refractivity contribution is 6.04. The van der Waals surface area contributed by atoms with Gasteiger partial charge in [-0.2, -0.15) is 0 Å². The van der Waals surface area contributed by atoms with Gasteiger partial charge in [-0.1, -0.05) is 19.0 Å². The standard InChI is InChI=1S/C19H19N3O4/c1-11(2)17-10-15(22-26-17)18(23)20-13-6-7-14(12(3)9-13)21-19(24)16-5-4-8-25-16/h4-11H,1-3H3,(H,20,23)(H,21,24). The maximum absolute atomic E-state index is 12.3. The lowest BCUT2D eigenvalue weighted by Crippen LogP contribution is -2.14. The molecule has 2 aromatic heterocycles. The number of hydrogen-bond acceptors (Lipinski definition) is 5. The van der Waals surface area contributed by atoms with E-state index in [1.807, 2.05) is 20.8 Å². The zero-order chi connectivity index (χ0) is 18.7. The molecule has 0 aliphatic rings. The minimum atomic E-state index is -0.354. The Morgan fingerprint density at radius 2 is 1.88 bits per heavy atom.